The van der Waals surface area contributed by atoms with Crippen LogP contribution in [0.3, 0.4) is 0 Å². The number of nitrogens with one attached hydrogen (secondary N) is 2. The second-order valence-corrected chi connectivity index (χ2v) is 8.77. The summed E-state index contributed by atoms with van der Waals surface area (Å²) in [5.41, 5.74) is 5.63. The number of nitrogen functional groups attached to an aromatic ring is 1. The highest BCUT2D eigenvalue weighted by Crippen LogP contribution is 2.48. The number of rotatable bonds is 8. The third-order valence-electron chi connectivity index (χ3n) is 5.60. The summed E-state index contributed by atoms with van der Waals surface area (Å²) in [5.74, 6) is 0.789. The van der Waals surface area contributed by atoms with Crippen LogP contribution in [0, 0.1) is 11.8 Å². The number of nitrogens with two attached hydrogens (primary N) is 1. The van der Waals surface area contributed by atoms with Crippen molar-refractivity contribution in [2.24, 2.45) is 11.8 Å². The molecule has 13 heteroatoms. The van der Waals surface area contributed by atoms with Crippen molar-refractivity contribution in [2.75, 3.05) is 42.9 Å². The van der Waals surface area contributed by atoms with Crippen molar-refractivity contribution in [3.63, 3.8) is 0 Å². The smallest absolute Gasteiger partial charge is 0.497 e. The van der Waals surface area contributed by atoms with Gasteiger partial charge in [-0.3, -0.25) is 19.2 Å². The number of nitrogens with zero attached hydrogens (tertiary/aromatic N) is 2. The fraction of sp³-hybridized carbons (Fsp3) is 0.444. The zero-order valence-electron chi connectivity index (χ0n) is 16.7. The Morgan fingerprint density at radius 1 is 1.32 bits per heavy atom. The Balaban J connectivity index is 1.36. The molecule has 4 unspecified atom stereocenters. The number of aromatic amines is 1. The molecular formula is C18H24N5O7P. The van der Waals surface area contributed by atoms with Crippen LogP contribution >= 0.6 is 7.82 Å². The molecule has 2 heterocycles. The van der Waals surface area contributed by atoms with E-state index >= 15 is 0 Å². The number of aromatic nitrogens is 2. The van der Waals surface area contributed by atoms with E-state index in [0.29, 0.717) is 30.3 Å². The number of ether oxygens (including phenoxy) is 1. The number of aliphatic hydroxyl groups is 1. The molecule has 1 fully saturated rings. The largest absolute Gasteiger partial charge is 0.527 e. The molecule has 12 nitrogen and oxygen atoms in total. The number of fused-ring (bicyclic) bond motifs is 1. The number of methoxy groups -OCH3 is 1. The quantitative estimate of drug-likeness (QED) is 0.357. The molecule has 2 aliphatic rings. The Morgan fingerprint density at radius 2 is 2.03 bits per heavy atom. The summed E-state index contributed by atoms with van der Waals surface area (Å²) in [6.45, 7) is 0.131. The lowest BCUT2D eigenvalue weighted by atomic mass is 9.69. The number of hydrogen-bond donors (Lipinski definition) is 5. The highest BCUT2D eigenvalue weighted by molar-refractivity contribution is 7.47. The summed E-state index contributed by atoms with van der Waals surface area (Å²) in [7, 11) is -2.83. The fourth-order valence-corrected chi connectivity index (χ4v) is 4.76. The average molecular weight is 453 g/mol. The van der Waals surface area contributed by atoms with Crippen LogP contribution in [0.1, 0.15) is 6.42 Å². The summed E-state index contributed by atoms with van der Waals surface area (Å²) < 4.78 is 27.6. The van der Waals surface area contributed by atoms with Crippen molar-refractivity contribution in [3.8, 4) is 11.5 Å². The molecular weight excluding hydrogens is 429 g/mol. The lowest BCUT2D eigenvalue weighted by Gasteiger charge is -2.48. The van der Waals surface area contributed by atoms with Gasteiger partial charge < -0.3 is 30.3 Å². The van der Waals surface area contributed by atoms with Gasteiger partial charge in [0.15, 0.2) is 5.82 Å². The van der Waals surface area contributed by atoms with Crippen molar-refractivity contribution >= 4 is 25.3 Å². The van der Waals surface area contributed by atoms with Crippen LogP contribution in [0.5, 0.6) is 11.5 Å². The van der Waals surface area contributed by atoms with Gasteiger partial charge in [0.2, 0.25) is 5.95 Å². The van der Waals surface area contributed by atoms with Crippen LogP contribution in [0.4, 0.5) is 17.5 Å². The molecule has 1 aliphatic heterocycles. The molecule has 31 heavy (non-hydrogen) atoms. The summed E-state index contributed by atoms with van der Waals surface area (Å²) >= 11 is 0. The first-order valence-corrected chi connectivity index (χ1v) is 11.1. The van der Waals surface area contributed by atoms with Crippen LogP contribution in [-0.2, 0) is 9.09 Å². The average Bonchev–Trinajstić information content (AvgIpc) is 3.11. The lowest BCUT2D eigenvalue weighted by molar-refractivity contribution is 0.0217. The first kappa shape index (κ1) is 21.4. The Kier molecular flexibility index (Phi) is 5.80. The third-order valence-corrected chi connectivity index (χ3v) is 6.52. The molecule has 4 atom stereocenters. The molecule has 0 spiro atoms. The number of anilines is 3. The molecule has 168 valence electrons. The van der Waals surface area contributed by atoms with E-state index in [2.05, 4.69) is 15.3 Å². The van der Waals surface area contributed by atoms with Gasteiger partial charge in [0, 0.05) is 18.6 Å². The zero-order chi connectivity index (χ0) is 22.2. The number of benzene rings is 1. The maximum Gasteiger partial charge on any atom is 0.527 e. The normalized spacial score (nSPS) is 24.0. The number of H-pyrrole nitrogens is 1. The van der Waals surface area contributed by atoms with Gasteiger partial charge in [0.1, 0.15) is 17.2 Å². The molecule has 2 aromatic rings. The second-order valence-electron chi connectivity index (χ2n) is 7.40. The fourth-order valence-electron chi connectivity index (χ4n) is 3.94. The van der Waals surface area contributed by atoms with Crippen LogP contribution in [-0.4, -0.2) is 53.0 Å². The molecule has 4 rings (SSSR count). The Labute approximate surface area is 177 Å². The van der Waals surface area contributed by atoms with Gasteiger partial charge in [-0.05, 0) is 36.6 Å². The van der Waals surface area contributed by atoms with Crippen molar-refractivity contribution in [1.82, 2.24) is 9.97 Å². The number of phosphoric ester groups is 1. The van der Waals surface area contributed by atoms with Crippen LogP contribution in [0.25, 0.3) is 0 Å². The van der Waals surface area contributed by atoms with E-state index in [0.717, 1.165) is 0 Å². The zero-order valence-corrected chi connectivity index (χ0v) is 17.6. The van der Waals surface area contributed by atoms with Gasteiger partial charge in [-0.15, -0.1) is 0 Å². The van der Waals surface area contributed by atoms with E-state index in [-0.39, 0.29) is 48.3 Å². The molecule has 6 N–H and O–H groups in total. The highest BCUT2D eigenvalue weighted by Gasteiger charge is 2.47. The minimum Gasteiger partial charge on any atom is -0.497 e. The first-order chi connectivity index (χ1) is 14.8. The number of hydrogen-bond acceptors (Lipinski definition) is 10. The molecule has 0 bridgehead atoms. The van der Waals surface area contributed by atoms with Gasteiger partial charge >= 0.3 is 7.82 Å². The summed E-state index contributed by atoms with van der Waals surface area (Å²) in [6.07, 6.45) is 0.573. The van der Waals surface area contributed by atoms with Gasteiger partial charge in [-0.25, -0.2) is 4.57 Å². The standard InChI is InChI=1S/C18H24N5O7P/c1-28-11-2-4-12(5-3-11)30-31(26,27)29-8-10-6-14(13(10)7-24)23-9-20-15-16(23)21-18(19)22-17(15)25/h2-5,10,13-14,20,24H,6-9H2,1H3,(H,26,27)(H3,19,21,22,25). The van der Waals surface area contributed by atoms with E-state index in [1.807, 2.05) is 4.90 Å². The van der Waals surface area contributed by atoms with Crippen LogP contribution in [0.2, 0.25) is 0 Å². The SMILES string of the molecule is COc1ccc(OP(=O)(O)OCC2CC(N3CNc4c3nc(N)[nH]c4=O)C2CO)cc1. The van der Waals surface area contributed by atoms with Gasteiger partial charge in [-0.2, -0.15) is 4.98 Å². The van der Waals surface area contributed by atoms with Crippen molar-refractivity contribution in [2.45, 2.75) is 12.5 Å². The van der Waals surface area contributed by atoms with Gasteiger partial charge in [0.05, 0.1) is 20.4 Å². The molecule has 1 saturated carbocycles. The molecule has 0 saturated heterocycles. The van der Waals surface area contributed by atoms with Gasteiger partial charge in [-0.1, -0.05) is 0 Å². The van der Waals surface area contributed by atoms with Crippen molar-refractivity contribution < 1.29 is 28.3 Å². The lowest BCUT2D eigenvalue weighted by Crippen LogP contribution is -2.55. The Hall–Kier alpha value is -2.79. The molecule has 0 radical (unpaired) electrons. The van der Waals surface area contributed by atoms with E-state index in [9.17, 15) is 19.4 Å². The number of aliphatic hydroxyl groups excluding tert-OH is 1. The van der Waals surface area contributed by atoms with E-state index in [1.165, 1.54) is 19.2 Å². The maximum absolute atomic E-state index is 12.3. The predicted molar refractivity (Wildman–Crippen MR) is 112 cm³/mol. The number of phosphoric acid groups is 1. The summed E-state index contributed by atoms with van der Waals surface area (Å²) in [5, 5.41) is 12.9. The highest BCUT2D eigenvalue weighted by atomic mass is 31.2. The Morgan fingerprint density at radius 3 is 2.71 bits per heavy atom. The van der Waals surface area contributed by atoms with E-state index in [1.54, 1.807) is 12.1 Å². The third kappa shape index (κ3) is 4.33. The van der Waals surface area contributed by atoms with Crippen LogP contribution in [0.15, 0.2) is 29.1 Å². The van der Waals surface area contributed by atoms with Crippen molar-refractivity contribution in [1.29, 1.82) is 0 Å². The molecule has 1 aromatic carbocycles. The molecule has 0 amide bonds. The first-order valence-electron chi connectivity index (χ1n) is 9.63. The Bertz CT molecular complexity index is 1050. The predicted octanol–water partition coefficient (Wildman–Crippen LogP) is 0.743. The molecule has 1 aromatic heterocycles. The molecule has 1 aliphatic carbocycles. The van der Waals surface area contributed by atoms with E-state index < -0.39 is 7.82 Å². The summed E-state index contributed by atoms with van der Waals surface area (Å²) in [4.78, 5) is 30.5. The summed E-state index contributed by atoms with van der Waals surface area (Å²) in [6, 6.07) is 6.07. The van der Waals surface area contributed by atoms with Gasteiger partial charge in [0.25, 0.3) is 5.56 Å². The van der Waals surface area contributed by atoms with E-state index in [4.69, 9.17) is 19.5 Å². The van der Waals surface area contributed by atoms with Crippen LogP contribution < -0.4 is 30.8 Å². The minimum absolute atomic E-state index is 0.00843. The van der Waals surface area contributed by atoms with Crippen molar-refractivity contribution in [3.05, 3.63) is 34.6 Å². The monoisotopic (exact) mass is 453 g/mol. The second kappa shape index (κ2) is 8.39. The maximum atomic E-state index is 12.3. The topological polar surface area (TPSA) is 172 Å². The minimum atomic E-state index is -4.34.